The number of aliphatic hydroxyl groups is 1. The van der Waals surface area contributed by atoms with Gasteiger partial charge < -0.3 is 9.63 Å². The van der Waals surface area contributed by atoms with Crippen LogP contribution in [-0.2, 0) is 13.1 Å². The maximum absolute atomic E-state index is 9.99. The van der Waals surface area contributed by atoms with E-state index in [2.05, 4.69) is 22.2 Å². The lowest BCUT2D eigenvalue weighted by Crippen LogP contribution is -2.31. The van der Waals surface area contributed by atoms with E-state index in [0.717, 1.165) is 36.5 Å². The third kappa shape index (κ3) is 4.41. The Kier molecular flexibility index (Phi) is 5.53. The molecule has 0 spiro atoms. The average molecular weight is 288 g/mol. The first kappa shape index (κ1) is 15.7. The summed E-state index contributed by atoms with van der Waals surface area (Å²) in [5.41, 5.74) is 3.29. The molecule has 0 bridgehead atoms. The highest BCUT2D eigenvalue weighted by Crippen LogP contribution is 2.17. The molecule has 1 N–H and O–H groups in total. The van der Waals surface area contributed by atoms with Crippen molar-refractivity contribution in [1.82, 2.24) is 10.1 Å². The SMILES string of the molecule is CCC(O)CN(Cc1ccccc1)Cc1c(C)noc1C. The first-order valence-electron chi connectivity index (χ1n) is 7.46. The third-order valence-corrected chi connectivity index (χ3v) is 3.75. The first-order chi connectivity index (χ1) is 10.1. The zero-order valence-electron chi connectivity index (χ0n) is 13.0. The van der Waals surface area contributed by atoms with Crippen molar-refractivity contribution in [3.8, 4) is 0 Å². The molecule has 1 aromatic carbocycles. The summed E-state index contributed by atoms with van der Waals surface area (Å²) in [4.78, 5) is 2.25. The van der Waals surface area contributed by atoms with Gasteiger partial charge in [-0.05, 0) is 25.8 Å². The second-order valence-corrected chi connectivity index (χ2v) is 5.52. The molecule has 0 aliphatic heterocycles. The minimum Gasteiger partial charge on any atom is -0.392 e. The lowest BCUT2D eigenvalue weighted by Gasteiger charge is -2.24. The Morgan fingerprint density at radius 3 is 2.48 bits per heavy atom. The summed E-state index contributed by atoms with van der Waals surface area (Å²) in [6.07, 6.45) is 0.446. The summed E-state index contributed by atoms with van der Waals surface area (Å²) < 4.78 is 5.24. The van der Waals surface area contributed by atoms with Crippen molar-refractivity contribution in [2.75, 3.05) is 6.54 Å². The van der Waals surface area contributed by atoms with E-state index in [1.807, 2.05) is 39.0 Å². The normalized spacial score (nSPS) is 12.8. The molecule has 1 aromatic heterocycles. The molecule has 4 heteroatoms. The zero-order chi connectivity index (χ0) is 15.2. The van der Waals surface area contributed by atoms with E-state index >= 15 is 0 Å². The van der Waals surface area contributed by atoms with Gasteiger partial charge >= 0.3 is 0 Å². The number of rotatable bonds is 7. The molecule has 21 heavy (non-hydrogen) atoms. The minimum absolute atomic E-state index is 0.311. The Morgan fingerprint density at radius 2 is 1.90 bits per heavy atom. The van der Waals surface area contributed by atoms with E-state index in [0.29, 0.717) is 6.54 Å². The first-order valence-corrected chi connectivity index (χ1v) is 7.46. The highest BCUT2D eigenvalue weighted by atomic mass is 16.5. The highest BCUT2D eigenvalue weighted by molar-refractivity contribution is 5.21. The molecule has 0 fully saturated rings. The van der Waals surface area contributed by atoms with Gasteiger partial charge in [-0.2, -0.15) is 0 Å². The van der Waals surface area contributed by atoms with Crippen molar-refractivity contribution in [2.45, 2.75) is 46.4 Å². The fourth-order valence-corrected chi connectivity index (χ4v) is 2.40. The standard InChI is InChI=1S/C17H24N2O2/c1-4-16(20)11-19(10-15-8-6-5-7-9-15)12-17-13(2)18-21-14(17)3/h5-9,16,20H,4,10-12H2,1-3H3. The number of nitrogens with zero attached hydrogens (tertiary/aromatic N) is 2. The number of aromatic nitrogens is 1. The molecule has 0 aliphatic carbocycles. The van der Waals surface area contributed by atoms with Gasteiger partial charge in [-0.1, -0.05) is 42.4 Å². The second-order valence-electron chi connectivity index (χ2n) is 5.52. The molecule has 0 radical (unpaired) electrons. The quantitative estimate of drug-likeness (QED) is 0.850. The van der Waals surface area contributed by atoms with Gasteiger partial charge in [-0.15, -0.1) is 0 Å². The van der Waals surface area contributed by atoms with Crippen LogP contribution in [-0.4, -0.2) is 27.8 Å². The Bertz CT molecular complexity index is 532. The van der Waals surface area contributed by atoms with Gasteiger partial charge in [0, 0.05) is 25.2 Å². The summed E-state index contributed by atoms with van der Waals surface area (Å²) in [5, 5.41) is 14.0. The molecule has 0 amide bonds. The van der Waals surface area contributed by atoms with Crippen molar-refractivity contribution in [1.29, 1.82) is 0 Å². The topological polar surface area (TPSA) is 49.5 Å². The molecule has 2 rings (SSSR count). The highest BCUT2D eigenvalue weighted by Gasteiger charge is 2.16. The van der Waals surface area contributed by atoms with E-state index < -0.39 is 0 Å². The maximum Gasteiger partial charge on any atom is 0.138 e. The molecule has 0 saturated heterocycles. The molecule has 0 saturated carbocycles. The number of benzene rings is 1. The van der Waals surface area contributed by atoms with Gasteiger partial charge in [-0.25, -0.2) is 0 Å². The van der Waals surface area contributed by atoms with E-state index in [1.165, 1.54) is 5.56 Å². The van der Waals surface area contributed by atoms with Crippen molar-refractivity contribution >= 4 is 0 Å². The minimum atomic E-state index is -0.311. The summed E-state index contributed by atoms with van der Waals surface area (Å²) in [6.45, 7) is 8.10. The predicted molar refractivity (Wildman–Crippen MR) is 82.8 cm³/mol. The number of hydrogen-bond acceptors (Lipinski definition) is 4. The number of aliphatic hydroxyl groups excluding tert-OH is 1. The predicted octanol–water partition coefficient (Wildman–Crippen LogP) is 3.06. The van der Waals surface area contributed by atoms with Gasteiger partial charge in [0.05, 0.1) is 11.8 Å². The third-order valence-electron chi connectivity index (χ3n) is 3.75. The Morgan fingerprint density at radius 1 is 1.19 bits per heavy atom. The van der Waals surface area contributed by atoms with Crippen LogP contribution in [0.15, 0.2) is 34.9 Å². The number of aryl methyl sites for hydroxylation is 2. The van der Waals surface area contributed by atoms with Crippen LogP contribution < -0.4 is 0 Å². The van der Waals surface area contributed by atoms with Crippen molar-refractivity contribution in [3.05, 3.63) is 52.9 Å². The second kappa shape index (κ2) is 7.38. The van der Waals surface area contributed by atoms with E-state index in [9.17, 15) is 5.11 Å². The molecular weight excluding hydrogens is 264 g/mol. The maximum atomic E-state index is 9.99. The fourth-order valence-electron chi connectivity index (χ4n) is 2.40. The average Bonchev–Trinajstić information content (AvgIpc) is 2.80. The van der Waals surface area contributed by atoms with Gasteiger partial charge in [0.15, 0.2) is 0 Å². The molecule has 0 aliphatic rings. The molecule has 1 heterocycles. The van der Waals surface area contributed by atoms with E-state index in [1.54, 1.807) is 0 Å². The molecular formula is C17H24N2O2. The fraction of sp³-hybridized carbons (Fsp3) is 0.471. The van der Waals surface area contributed by atoms with Gasteiger partial charge in [0.2, 0.25) is 0 Å². The number of hydrogen-bond donors (Lipinski definition) is 1. The molecule has 1 atom stereocenters. The van der Waals surface area contributed by atoms with E-state index in [4.69, 9.17) is 4.52 Å². The Labute approximate surface area is 126 Å². The van der Waals surface area contributed by atoms with Gasteiger partial charge in [0.25, 0.3) is 0 Å². The van der Waals surface area contributed by atoms with Crippen LogP contribution in [0.2, 0.25) is 0 Å². The van der Waals surface area contributed by atoms with Crippen LogP contribution in [0, 0.1) is 13.8 Å². The zero-order valence-corrected chi connectivity index (χ0v) is 13.0. The lowest BCUT2D eigenvalue weighted by atomic mass is 10.1. The Balaban J connectivity index is 2.12. The summed E-state index contributed by atoms with van der Waals surface area (Å²) in [5.74, 6) is 0.858. The van der Waals surface area contributed by atoms with Crippen LogP contribution in [0.4, 0.5) is 0 Å². The van der Waals surface area contributed by atoms with Crippen LogP contribution in [0.25, 0.3) is 0 Å². The van der Waals surface area contributed by atoms with Crippen LogP contribution >= 0.6 is 0 Å². The smallest absolute Gasteiger partial charge is 0.138 e. The summed E-state index contributed by atoms with van der Waals surface area (Å²) >= 11 is 0. The lowest BCUT2D eigenvalue weighted by molar-refractivity contribution is 0.101. The largest absolute Gasteiger partial charge is 0.392 e. The van der Waals surface area contributed by atoms with Crippen LogP contribution in [0.5, 0.6) is 0 Å². The van der Waals surface area contributed by atoms with Gasteiger partial charge in [0.1, 0.15) is 5.76 Å². The van der Waals surface area contributed by atoms with Crippen molar-refractivity contribution in [2.24, 2.45) is 0 Å². The van der Waals surface area contributed by atoms with Crippen LogP contribution in [0.1, 0.15) is 35.9 Å². The molecule has 2 aromatic rings. The van der Waals surface area contributed by atoms with Crippen molar-refractivity contribution < 1.29 is 9.63 Å². The Hall–Kier alpha value is -1.65. The van der Waals surface area contributed by atoms with Crippen LogP contribution in [0.3, 0.4) is 0 Å². The van der Waals surface area contributed by atoms with E-state index in [-0.39, 0.29) is 6.10 Å². The summed E-state index contributed by atoms with van der Waals surface area (Å²) in [7, 11) is 0. The molecule has 4 nitrogen and oxygen atoms in total. The van der Waals surface area contributed by atoms with Crippen molar-refractivity contribution in [3.63, 3.8) is 0 Å². The molecule has 1 unspecified atom stereocenters. The monoisotopic (exact) mass is 288 g/mol. The molecule has 114 valence electrons. The van der Waals surface area contributed by atoms with Gasteiger partial charge in [-0.3, -0.25) is 4.90 Å². The summed E-state index contributed by atoms with van der Waals surface area (Å²) in [6, 6.07) is 10.3.